The fourth-order valence-corrected chi connectivity index (χ4v) is 0.631. The summed E-state index contributed by atoms with van der Waals surface area (Å²) in [6, 6.07) is 0. The molecule has 0 aromatic rings. The number of thiol groups is 2. The van der Waals surface area contributed by atoms with Gasteiger partial charge in [0.2, 0.25) is 0 Å². The molecular formula is C4H10OS2. The molecule has 0 aliphatic carbocycles. The molecular weight excluding hydrogens is 128 g/mol. The van der Waals surface area contributed by atoms with Crippen LogP contribution < -0.4 is 0 Å². The summed E-state index contributed by atoms with van der Waals surface area (Å²) in [5.74, 6) is 0.942. The van der Waals surface area contributed by atoms with Crippen LogP contribution in [0.1, 0.15) is 12.8 Å². The Labute approximate surface area is 55.5 Å². The van der Waals surface area contributed by atoms with Crippen LogP contribution in [0, 0.1) is 0 Å². The standard InChI is InChI=1S/C4H10OS2/c6-4-2-1-3-5-7/h6-7H,1-4H2. The summed E-state index contributed by atoms with van der Waals surface area (Å²) in [6.07, 6.45) is 2.18. The predicted octanol–water partition coefficient (Wildman–Crippen LogP) is 1.56. The van der Waals surface area contributed by atoms with Gasteiger partial charge in [0.1, 0.15) is 0 Å². The van der Waals surface area contributed by atoms with Crippen molar-refractivity contribution in [3.63, 3.8) is 0 Å². The van der Waals surface area contributed by atoms with E-state index in [1.807, 2.05) is 0 Å². The monoisotopic (exact) mass is 138 g/mol. The Morgan fingerprint density at radius 1 is 1.29 bits per heavy atom. The third kappa shape index (κ3) is 6.66. The predicted molar refractivity (Wildman–Crippen MR) is 38.0 cm³/mol. The van der Waals surface area contributed by atoms with Crippen molar-refractivity contribution in [3.05, 3.63) is 0 Å². The van der Waals surface area contributed by atoms with Crippen LogP contribution in [-0.2, 0) is 4.18 Å². The van der Waals surface area contributed by atoms with Crippen LogP contribution in [-0.4, -0.2) is 12.4 Å². The van der Waals surface area contributed by atoms with E-state index in [9.17, 15) is 0 Å². The maximum absolute atomic E-state index is 4.50. The minimum absolute atomic E-state index is 0.740. The van der Waals surface area contributed by atoms with Crippen LogP contribution in [0.15, 0.2) is 0 Å². The molecule has 0 atom stereocenters. The molecule has 0 heterocycles. The molecule has 0 N–H and O–H groups in total. The van der Waals surface area contributed by atoms with Gasteiger partial charge < -0.3 is 4.18 Å². The minimum atomic E-state index is 0.740. The first kappa shape index (κ1) is 7.66. The van der Waals surface area contributed by atoms with E-state index >= 15 is 0 Å². The van der Waals surface area contributed by atoms with Crippen molar-refractivity contribution >= 4 is 25.5 Å². The van der Waals surface area contributed by atoms with Crippen molar-refractivity contribution < 1.29 is 4.18 Å². The van der Waals surface area contributed by atoms with E-state index in [0.29, 0.717) is 0 Å². The quantitative estimate of drug-likeness (QED) is 0.340. The van der Waals surface area contributed by atoms with Gasteiger partial charge in [-0.3, -0.25) is 0 Å². The van der Waals surface area contributed by atoms with Crippen LogP contribution in [0.4, 0.5) is 0 Å². The van der Waals surface area contributed by atoms with E-state index < -0.39 is 0 Å². The van der Waals surface area contributed by atoms with Gasteiger partial charge >= 0.3 is 0 Å². The molecule has 0 unspecified atom stereocenters. The van der Waals surface area contributed by atoms with Crippen LogP contribution in [0.2, 0.25) is 0 Å². The first-order valence-electron chi connectivity index (χ1n) is 2.29. The van der Waals surface area contributed by atoms with Gasteiger partial charge in [-0.25, -0.2) is 0 Å². The number of hydrogen-bond donors (Lipinski definition) is 2. The summed E-state index contributed by atoms with van der Waals surface area (Å²) in [6.45, 7) is 0.740. The van der Waals surface area contributed by atoms with Crippen LogP contribution >= 0.6 is 25.5 Å². The lowest BCUT2D eigenvalue weighted by Crippen LogP contribution is -1.83. The lowest BCUT2D eigenvalue weighted by atomic mass is 10.4. The molecule has 0 aliphatic rings. The molecule has 0 radical (unpaired) electrons. The van der Waals surface area contributed by atoms with E-state index in [1.165, 1.54) is 0 Å². The lowest BCUT2D eigenvalue weighted by Gasteiger charge is -1.91. The maximum atomic E-state index is 4.50. The number of unbranched alkanes of at least 4 members (excludes halogenated alkanes) is 1. The second-order valence-electron chi connectivity index (χ2n) is 1.26. The highest BCUT2D eigenvalue weighted by Crippen LogP contribution is 1.92. The van der Waals surface area contributed by atoms with E-state index in [2.05, 4.69) is 29.7 Å². The van der Waals surface area contributed by atoms with Gasteiger partial charge in [-0.1, -0.05) is 0 Å². The second kappa shape index (κ2) is 6.66. The highest BCUT2D eigenvalue weighted by Gasteiger charge is 1.81. The van der Waals surface area contributed by atoms with E-state index in [0.717, 1.165) is 25.2 Å². The molecule has 44 valence electrons. The maximum Gasteiger partial charge on any atom is 0.0610 e. The number of hydrogen-bond acceptors (Lipinski definition) is 3. The first-order chi connectivity index (χ1) is 3.41. The Hall–Kier alpha value is 0.660. The van der Waals surface area contributed by atoms with E-state index in [1.54, 1.807) is 0 Å². The van der Waals surface area contributed by atoms with Crippen molar-refractivity contribution in [2.45, 2.75) is 12.8 Å². The third-order valence-electron chi connectivity index (χ3n) is 0.644. The molecule has 0 rings (SSSR count). The Morgan fingerprint density at radius 3 is 2.43 bits per heavy atom. The fourth-order valence-electron chi connectivity index (χ4n) is 0.278. The Bertz CT molecular complexity index is 28.9. The van der Waals surface area contributed by atoms with E-state index in [4.69, 9.17) is 0 Å². The normalized spacial score (nSPS) is 9.43. The smallest absolute Gasteiger partial charge is 0.0610 e. The highest BCUT2D eigenvalue weighted by atomic mass is 32.1. The molecule has 0 aromatic carbocycles. The van der Waals surface area contributed by atoms with Gasteiger partial charge in [0.05, 0.1) is 6.61 Å². The van der Waals surface area contributed by atoms with Crippen LogP contribution in [0.25, 0.3) is 0 Å². The van der Waals surface area contributed by atoms with Crippen LogP contribution in [0.5, 0.6) is 0 Å². The molecule has 0 amide bonds. The molecule has 0 aromatic heterocycles. The third-order valence-corrected chi connectivity index (χ3v) is 1.14. The molecule has 0 saturated carbocycles. The van der Waals surface area contributed by atoms with Crippen molar-refractivity contribution in [1.29, 1.82) is 0 Å². The average Bonchev–Trinajstić information content (AvgIpc) is 1.69. The van der Waals surface area contributed by atoms with Crippen molar-refractivity contribution in [2.24, 2.45) is 0 Å². The summed E-state index contributed by atoms with van der Waals surface area (Å²) >= 11 is 7.58. The van der Waals surface area contributed by atoms with Crippen molar-refractivity contribution in [1.82, 2.24) is 0 Å². The van der Waals surface area contributed by atoms with Crippen molar-refractivity contribution in [2.75, 3.05) is 12.4 Å². The number of rotatable bonds is 4. The summed E-state index contributed by atoms with van der Waals surface area (Å²) in [4.78, 5) is 0. The Kier molecular flexibility index (Phi) is 7.29. The van der Waals surface area contributed by atoms with Gasteiger partial charge in [-0.2, -0.15) is 12.6 Å². The van der Waals surface area contributed by atoms with E-state index in [-0.39, 0.29) is 0 Å². The molecule has 3 heteroatoms. The van der Waals surface area contributed by atoms with Gasteiger partial charge in [0, 0.05) is 0 Å². The zero-order valence-electron chi connectivity index (χ0n) is 4.13. The summed E-state index contributed by atoms with van der Waals surface area (Å²) in [5, 5.41) is 0. The lowest BCUT2D eigenvalue weighted by molar-refractivity contribution is 0.370. The highest BCUT2D eigenvalue weighted by molar-refractivity contribution is 7.80. The summed E-state index contributed by atoms with van der Waals surface area (Å²) in [7, 11) is 0. The SMILES string of the molecule is SCCCCOS. The minimum Gasteiger partial charge on any atom is -0.318 e. The molecule has 0 bridgehead atoms. The summed E-state index contributed by atoms with van der Waals surface area (Å²) in [5.41, 5.74) is 0. The molecule has 0 spiro atoms. The second-order valence-corrected chi connectivity index (χ2v) is 1.97. The topological polar surface area (TPSA) is 9.23 Å². The molecule has 0 saturated heterocycles. The Morgan fingerprint density at radius 2 is 2.00 bits per heavy atom. The van der Waals surface area contributed by atoms with Gasteiger partial charge in [0.15, 0.2) is 0 Å². The van der Waals surface area contributed by atoms with Crippen molar-refractivity contribution in [3.8, 4) is 0 Å². The largest absolute Gasteiger partial charge is 0.318 e. The average molecular weight is 138 g/mol. The molecule has 0 aliphatic heterocycles. The van der Waals surface area contributed by atoms with Gasteiger partial charge in [-0.05, 0) is 31.5 Å². The van der Waals surface area contributed by atoms with Gasteiger partial charge in [-0.15, -0.1) is 0 Å². The Balaban J connectivity index is 2.45. The fraction of sp³-hybridized carbons (Fsp3) is 1.00. The zero-order chi connectivity index (χ0) is 5.54. The zero-order valence-corrected chi connectivity index (χ0v) is 5.92. The van der Waals surface area contributed by atoms with Gasteiger partial charge in [0.25, 0.3) is 0 Å². The van der Waals surface area contributed by atoms with Crippen LogP contribution in [0.3, 0.4) is 0 Å². The summed E-state index contributed by atoms with van der Waals surface area (Å²) < 4.78 is 4.50. The molecule has 0 fully saturated rings. The molecule has 7 heavy (non-hydrogen) atoms. The molecule has 1 nitrogen and oxygen atoms in total. The first-order valence-corrected chi connectivity index (χ1v) is 3.29.